The SMILES string of the molecule is C=CCOC12Oc3ccc(OCCSc4ccccc4)cc3C3C(CCCCO)C(CCCCO)C=C(C(=NOC4CCCCO4)CC1SCC)C32. The molecule has 4 aliphatic rings. The molecule has 0 radical (unpaired) electrons. The predicted molar refractivity (Wildman–Crippen MR) is 210 cm³/mol. The maximum absolute atomic E-state index is 9.85. The van der Waals surface area contributed by atoms with Crippen molar-refractivity contribution in [2.45, 2.75) is 99.3 Å². The van der Waals surface area contributed by atoms with Crippen LogP contribution >= 0.6 is 23.5 Å². The molecule has 2 aromatic rings. The van der Waals surface area contributed by atoms with Gasteiger partial charge >= 0.3 is 0 Å². The Hall–Kier alpha value is -2.47. The van der Waals surface area contributed by atoms with Crippen molar-refractivity contribution in [1.29, 1.82) is 0 Å². The largest absolute Gasteiger partial charge is 0.493 e. The zero-order chi connectivity index (χ0) is 36.2. The van der Waals surface area contributed by atoms with Gasteiger partial charge in [-0.2, -0.15) is 11.8 Å². The molecule has 10 heteroatoms. The Balaban J connectivity index is 1.42. The number of fused-ring (bicyclic) bond motifs is 2. The molecule has 2 fully saturated rings. The number of ether oxygens (including phenoxy) is 4. The van der Waals surface area contributed by atoms with E-state index in [1.54, 1.807) is 11.8 Å². The topological polar surface area (TPSA) is 99.0 Å². The molecule has 7 atom stereocenters. The van der Waals surface area contributed by atoms with Crippen LogP contribution in [0.25, 0.3) is 0 Å². The van der Waals surface area contributed by atoms with Crippen LogP contribution in [0.1, 0.15) is 82.6 Å². The monoisotopic (exact) mass is 751 g/mol. The molecule has 0 spiro atoms. The number of aliphatic hydroxyl groups excluding tert-OH is 2. The standard InChI is InChI=1S/C42H57NO7S2/c1-3-23-48-42-38(51-4-2)29-36(43-50-39-18-10-13-24-47-39)34-27-30(14-8-11-21-44)33(17-9-12-22-45)40(41(34)42)35-28-31(19-20-37(35)49-42)46-25-26-52-32-15-6-5-7-16-32/h3,5-7,15-16,19-20,27-28,30,33,38-41,44-45H,1,4,8-14,17-18,21-26,29H2,2H3. The van der Waals surface area contributed by atoms with E-state index in [1.807, 2.05) is 30.0 Å². The van der Waals surface area contributed by atoms with Gasteiger partial charge in [0.25, 0.3) is 0 Å². The van der Waals surface area contributed by atoms with Crippen molar-refractivity contribution in [2.75, 3.05) is 44.5 Å². The van der Waals surface area contributed by atoms with Crippen molar-refractivity contribution in [3.8, 4) is 11.5 Å². The van der Waals surface area contributed by atoms with Crippen molar-refractivity contribution >= 4 is 29.2 Å². The van der Waals surface area contributed by atoms with E-state index in [0.29, 0.717) is 26.2 Å². The van der Waals surface area contributed by atoms with Crippen molar-refractivity contribution in [3.05, 3.63) is 78.4 Å². The lowest BCUT2D eigenvalue weighted by atomic mass is 9.56. The first-order chi connectivity index (χ1) is 25.6. The summed E-state index contributed by atoms with van der Waals surface area (Å²) in [6, 6.07) is 16.7. The van der Waals surface area contributed by atoms with Crippen LogP contribution in [0.5, 0.6) is 11.5 Å². The second-order valence-corrected chi connectivity index (χ2v) is 16.8. The van der Waals surface area contributed by atoms with Crippen LogP contribution in [0, 0.1) is 17.8 Å². The molecule has 2 heterocycles. The molecule has 7 unspecified atom stereocenters. The summed E-state index contributed by atoms with van der Waals surface area (Å²) >= 11 is 3.64. The third kappa shape index (κ3) is 9.24. The number of aliphatic hydroxyl groups is 2. The number of allylic oxidation sites excluding steroid dienone is 1. The highest BCUT2D eigenvalue weighted by atomic mass is 32.2. The fourth-order valence-electron chi connectivity index (χ4n) is 8.52. The van der Waals surface area contributed by atoms with Gasteiger partial charge in [0.05, 0.1) is 36.7 Å². The maximum atomic E-state index is 9.85. The predicted octanol–water partition coefficient (Wildman–Crippen LogP) is 8.77. The van der Waals surface area contributed by atoms with E-state index in [4.69, 9.17) is 28.9 Å². The maximum Gasteiger partial charge on any atom is 0.230 e. The summed E-state index contributed by atoms with van der Waals surface area (Å²) in [5.74, 6) is 2.86. The van der Waals surface area contributed by atoms with Gasteiger partial charge in [0, 0.05) is 48.2 Å². The first-order valence-electron chi connectivity index (χ1n) is 19.4. The molecular formula is C42H57NO7S2. The first kappa shape index (κ1) is 39.2. The Morgan fingerprint density at radius 1 is 1.04 bits per heavy atom. The number of unbranched alkanes of at least 4 members (excludes halogenated alkanes) is 2. The minimum absolute atomic E-state index is 0.0418. The molecule has 52 heavy (non-hydrogen) atoms. The van der Waals surface area contributed by atoms with Gasteiger partial charge in [0.15, 0.2) is 0 Å². The van der Waals surface area contributed by atoms with Gasteiger partial charge in [0.2, 0.25) is 12.1 Å². The normalized spacial score (nSPS) is 28.7. The molecule has 1 saturated carbocycles. The summed E-state index contributed by atoms with van der Waals surface area (Å²) in [5.41, 5.74) is 3.23. The molecule has 0 bridgehead atoms. The average molecular weight is 752 g/mol. The lowest BCUT2D eigenvalue weighted by Gasteiger charge is -2.58. The molecule has 0 amide bonds. The van der Waals surface area contributed by atoms with Crippen LogP contribution in [0.15, 0.2) is 82.9 Å². The van der Waals surface area contributed by atoms with Gasteiger partial charge < -0.3 is 34.0 Å². The summed E-state index contributed by atoms with van der Waals surface area (Å²) in [5, 5.41) is 24.5. The molecule has 2 N–H and O–H groups in total. The Morgan fingerprint density at radius 3 is 2.62 bits per heavy atom. The number of hydrogen-bond donors (Lipinski definition) is 2. The Kier molecular flexibility index (Phi) is 14.9. The highest BCUT2D eigenvalue weighted by Crippen LogP contribution is 2.62. The van der Waals surface area contributed by atoms with Gasteiger partial charge in [0.1, 0.15) is 11.5 Å². The second-order valence-electron chi connectivity index (χ2n) is 14.1. The summed E-state index contributed by atoms with van der Waals surface area (Å²) in [6.07, 6.45) is 12.8. The van der Waals surface area contributed by atoms with Crippen LogP contribution in [-0.4, -0.2) is 77.8 Å². The van der Waals surface area contributed by atoms with Gasteiger partial charge in [-0.05, 0) is 92.0 Å². The van der Waals surface area contributed by atoms with Crippen molar-refractivity contribution < 1.29 is 34.0 Å². The molecule has 1 saturated heterocycles. The van der Waals surface area contributed by atoms with E-state index in [9.17, 15) is 10.2 Å². The van der Waals surface area contributed by atoms with Crippen LogP contribution in [0.3, 0.4) is 0 Å². The van der Waals surface area contributed by atoms with Crippen LogP contribution in [-0.2, 0) is 14.3 Å². The van der Waals surface area contributed by atoms with Gasteiger partial charge in [-0.3, -0.25) is 0 Å². The zero-order valence-electron chi connectivity index (χ0n) is 30.7. The number of nitrogens with zero attached hydrogens (tertiary/aromatic N) is 1. The summed E-state index contributed by atoms with van der Waals surface area (Å²) in [4.78, 5) is 7.41. The molecule has 284 valence electrons. The van der Waals surface area contributed by atoms with Crippen molar-refractivity contribution in [3.63, 3.8) is 0 Å². The Bertz CT molecular complexity index is 1480. The van der Waals surface area contributed by atoms with E-state index in [-0.39, 0.29) is 48.4 Å². The smallest absolute Gasteiger partial charge is 0.230 e. The Morgan fingerprint density at radius 2 is 1.87 bits per heavy atom. The van der Waals surface area contributed by atoms with E-state index in [2.05, 4.69) is 56.0 Å². The van der Waals surface area contributed by atoms with E-state index in [0.717, 1.165) is 97.6 Å². The average Bonchev–Trinajstić information content (AvgIpc) is 3.18. The van der Waals surface area contributed by atoms with E-state index in [1.165, 1.54) is 4.90 Å². The molecule has 0 aromatic heterocycles. The van der Waals surface area contributed by atoms with Gasteiger partial charge in [-0.25, -0.2) is 0 Å². The molecule has 2 aliphatic heterocycles. The first-order valence-corrected chi connectivity index (χ1v) is 21.4. The zero-order valence-corrected chi connectivity index (χ0v) is 32.3. The summed E-state index contributed by atoms with van der Waals surface area (Å²) < 4.78 is 26.5. The van der Waals surface area contributed by atoms with Crippen LogP contribution in [0.4, 0.5) is 0 Å². The third-order valence-corrected chi connectivity index (χ3v) is 13.0. The van der Waals surface area contributed by atoms with E-state index < -0.39 is 5.79 Å². The fraction of sp³-hybridized carbons (Fsp3) is 0.595. The highest BCUT2D eigenvalue weighted by Gasteiger charge is 2.63. The number of hydrogen-bond acceptors (Lipinski definition) is 10. The lowest BCUT2D eigenvalue weighted by molar-refractivity contribution is -0.223. The number of oxime groups is 1. The van der Waals surface area contributed by atoms with Crippen molar-refractivity contribution in [2.24, 2.45) is 22.9 Å². The molecular weight excluding hydrogens is 695 g/mol. The molecule has 2 aliphatic carbocycles. The second kappa shape index (κ2) is 19.7. The number of thioether (sulfide) groups is 2. The Labute approximate surface area is 318 Å². The quantitative estimate of drug-likeness (QED) is 0.0596. The molecule has 6 rings (SSSR count). The van der Waals surface area contributed by atoms with Crippen LogP contribution < -0.4 is 9.47 Å². The number of benzene rings is 2. The lowest BCUT2D eigenvalue weighted by Crippen LogP contribution is -2.64. The van der Waals surface area contributed by atoms with Crippen molar-refractivity contribution in [1.82, 2.24) is 0 Å². The third-order valence-electron chi connectivity index (χ3n) is 10.8. The fourth-order valence-corrected chi connectivity index (χ4v) is 10.4. The highest BCUT2D eigenvalue weighted by molar-refractivity contribution is 8.00. The molecule has 2 aromatic carbocycles. The minimum Gasteiger partial charge on any atom is -0.493 e. The van der Waals surface area contributed by atoms with E-state index >= 15 is 0 Å². The van der Waals surface area contributed by atoms with Gasteiger partial charge in [-0.1, -0.05) is 55.3 Å². The molecule has 8 nitrogen and oxygen atoms in total. The van der Waals surface area contributed by atoms with Crippen LogP contribution in [0.2, 0.25) is 0 Å². The van der Waals surface area contributed by atoms with Gasteiger partial charge in [-0.15, -0.1) is 18.3 Å². The minimum atomic E-state index is -0.946. The summed E-state index contributed by atoms with van der Waals surface area (Å²) in [6.45, 7) is 8.21. The number of rotatable bonds is 20. The summed E-state index contributed by atoms with van der Waals surface area (Å²) in [7, 11) is 0.